The Morgan fingerprint density at radius 3 is 3.00 bits per heavy atom. The summed E-state index contributed by atoms with van der Waals surface area (Å²) >= 11 is 3.34. The number of carbonyl (C=O) groups is 1. The van der Waals surface area contributed by atoms with Crippen molar-refractivity contribution >= 4 is 27.5 Å². The maximum absolute atomic E-state index is 11.5. The molecule has 0 aliphatic heterocycles. The molecule has 0 saturated heterocycles. The van der Waals surface area contributed by atoms with Crippen LogP contribution in [0.5, 0.6) is 0 Å². The first-order chi connectivity index (χ1) is 8.13. The number of anilines is 1. The van der Waals surface area contributed by atoms with Gasteiger partial charge < -0.3 is 15.0 Å². The van der Waals surface area contributed by atoms with Crippen molar-refractivity contribution in [3.05, 3.63) is 22.9 Å². The minimum Gasteiger partial charge on any atom is -0.383 e. The molecule has 1 rings (SSSR count). The van der Waals surface area contributed by atoms with E-state index in [0.717, 1.165) is 10.2 Å². The molecule has 6 heteroatoms. The van der Waals surface area contributed by atoms with E-state index in [-0.39, 0.29) is 5.91 Å². The third kappa shape index (κ3) is 5.14. The molecular formula is C11H16BrN3O2. The Hall–Kier alpha value is -1.14. The van der Waals surface area contributed by atoms with Crippen molar-refractivity contribution in [3.63, 3.8) is 0 Å². The van der Waals surface area contributed by atoms with E-state index in [0.29, 0.717) is 19.7 Å². The molecule has 0 saturated carbocycles. The van der Waals surface area contributed by atoms with Crippen molar-refractivity contribution in [2.45, 2.75) is 0 Å². The maximum Gasteiger partial charge on any atom is 0.239 e. The molecule has 5 nitrogen and oxygen atoms in total. The van der Waals surface area contributed by atoms with Gasteiger partial charge in [-0.3, -0.25) is 9.78 Å². The van der Waals surface area contributed by atoms with Crippen LogP contribution in [-0.4, -0.2) is 44.7 Å². The average molecular weight is 302 g/mol. The van der Waals surface area contributed by atoms with Crippen LogP contribution in [0.1, 0.15) is 0 Å². The molecule has 0 spiro atoms. The lowest BCUT2D eigenvalue weighted by Gasteiger charge is -2.18. The van der Waals surface area contributed by atoms with E-state index >= 15 is 0 Å². The zero-order valence-corrected chi connectivity index (χ0v) is 11.5. The van der Waals surface area contributed by atoms with Gasteiger partial charge >= 0.3 is 0 Å². The summed E-state index contributed by atoms with van der Waals surface area (Å²) in [5.74, 6) is -0.0375. The number of ether oxygens (including phenoxy) is 1. The summed E-state index contributed by atoms with van der Waals surface area (Å²) in [5.41, 5.74) is 0.890. The largest absolute Gasteiger partial charge is 0.383 e. The lowest BCUT2D eigenvalue weighted by atomic mass is 10.3. The van der Waals surface area contributed by atoms with Crippen LogP contribution in [0, 0.1) is 0 Å². The summed E-state index contributed by atoms with van der Waals surface area (Å²) in [4.78, 5) is 17.4. The van der Waals surface area contributed by atoms with Gasteiger partial charge in [-0.1, -0.05) is 0 Å². The molecule has 1 heterocycles. The maximum atomic E-state index is 11.5. The van der Waals surface area contributed by atoms with Crippen LogP contribution in [0.4, 0.5) is 5.69 Å². The van der Waals surface area contributed by atoms with Gasteiger partial charge in [-0.25, -0.2) is 0 Å². The van der Waals surface area contributed by atoms with Crippen molar-refractivity contribution < 1.29 is 9.53 Å². The predicted molar refractivity (Wildman–Crippen MR) is 70.1 cm³/mol. The zero-order valence-electron chi connectivity index (χ0n) is 9.94. The number of hydrogen-bond acceptors (Lipinski definition) is 4. The number of carbonyl (C=O) groups excluding carboxylic acids is 1. The smallest absolute Gasteiger partial charge is 0.239 e. The highest BCUT2D eigenvalue weighted by molar-refractivity contribution is 9.10. The van der Waals surface area contributed by atoms with Crippen molar-refractivity contribution in [3.8, 4) is 0 Å². The van der Waals surface area contributed by atoms with Crippen LogP contribution in [0.3, 0.4) is 0 Å². The van der Waals surface area contributed by atoms with Gasteiger partial charge in [0.2, 0.25) is 5.91 Å². The molecule has 1 N–H and O–H groups in total. The summed E-state index contributed by atoms with van der Waals surface area (Å²) in [7, 11) is 3.45. The van der Waals surface area contributed by atoms with Crippen LogP contribution >= 0.6 is 15.9 Å². The quantitative estimate of drug-likeness (QED) is 0.798. The number of nitrogens with zero attached hydrogens (tertiary/aromatic N) is 2. The van der Waals surface area contributed by atoms with Crippen LogP contribution in [-0.2, 0) is 9.53 Å². The summed E-state index contributed by atoms with van der Waals surface area (Å²) in [6.07, 6.45) is 3.42. The molecule has 1 aromatic rings. The number of aromatic nitrogens is 1. The Morgan fingerprint density at radius 1 is 1.59 bits per heavy atom. The monoisotopic (exact) mass is 301 g/mol. The van der Waals surface area contributed by atoms with Gasteiger partial charge in [-0.15, -0.1) is 0 Å². The Morgan fingerprint density at radius 2 is 2.35 bits per heavy atom. The zero-order chi connectivity index (χ0) is 12.7. The predicted octanol–water partition coefficient (Wildman–Crippen LogP) is 1.04. The highest BCUT2D eigenvalue weighted by Gasteiger charge is 2.07. The number of hydrogen-bond donors (Lipinski definition) is 1. The molecule has 94 valence electrons. The molecule has 0 aliphatic rings. The minimum absolute atomic E-state index is 0.0375. The normalized spacial score (nSPS) is 10.1. The van der Waals surface area contributed by atoms with Crippen LogP contribution < -0.4 is 10.2 Å². The molecule has 0 aromatic carbocycles. The van der Waals surface area contributed by atoms with Gasteiger partial charge in [0.05, 0.1) is 25.0 Å². The van der Waals surface area contributed by atoms with E-state index in [1.807, 2.05) is 18.0 Å². The van der Waals surface area contributed by atoms with Gasteiger partial charge in [0.15, 0.2) is 0 Å². The van der Waals surface area contributed by atoms with Gasteiger partial charge in [-0.05, 0) is 22.0 Å². The van der Waals surface area contributed by atoms with Crippen molar-refractivity contribution in [1.29, 1.82) is 0 Å². The number of likely N-dealkylation sites (N-methyl/N-ethyl adjacent to an activating group) is 1. The highest BCUT2D eigenvalue weighted by Crippen LogP contribution is 2.16. The Kier molecular flexibility index (Phi) is 5.93. The standard InChI is InChI=1S/C11H16BrN3O2/c1-15(8-11(16)14-3-4-17-2)10-5-9(12)6-13-7-10/h5-7H,3-4,8H2,1-2H3,(H,14,16). The van der Waals surface area contributed by atoms with E-state index in [9.17, 15) is 4.79 Å². The van der Waals surface area contributed by atoms with Crippen molar-refractivity contribution in [2.75, 3.05) is 38.8 Å². The molecule has 0 fully saturated rings. The molecule has 17 heavy (non-hydrogen) atoms. The Bertz CT molecular complexity index is 373. The number of methoxy groups -OCH3 is 1. The van der Waals surface area contributed by atoms with Crippen LogP contribution in [0.15, 0.2) is 22.9 Å². The first-order valence-corrected chi connectivity index (χ1v) is 6.00. The van der Waals surface area contributed by atoms with E-state index in [4.69, 9.17) is 4.74 Å². The van der Waals surface area contributed by atoms with Crippen LogP contribution in [0.2, 0.25) is 0 Å². The van der Waals surface area contributed by atoms with Gasteiger partial charge in [0.25, 0.3) is 0 Å². The topological polar surface area (TPSA) is 54.5 Å². The number of halogens is 1. The fraction of sp³-hybridized carbons (Fsp3) is 0.455. The van der Waals surface area contributed by atoms with E-state index in [2.05, 4.69) is 26.2 Å². The fourth-order valence-corrected chi connectivity index (χ4v) is 1.62. The molecule has 0 atom stereocenters. The lowest BCUT2D eigenvalue weighted by molar-refractivity contribution is -0.119. The SMILES string of the molecule is COCCNC(=O)CN(C)c1cncc(Br)c1. The number of amides is 1. The van der Waals surface area contributed by atoms with E-state index in [1.165, 1.54) is 0 Å². The van der Waals surface area contributed by atoms with Crippen LogP contribution in [0.25, 0.3) is 0 Å². The molecule has 0 unspecified atom stereocenters. The first-order valence-electron chi connectivity index (χ1n) is 5.21. The number of nitrogens with one attached hydrogen (secondary N) is 1. The van der Waals surface area contributed by atoms with Gasteiger partial charge in [0.1, 0.15) is 0 Å². The molecule has 0 aliphatic carbocycles. The lowest BCUT2D eigenvalue weighted by Crippen LogP contribution is -2.36. The first kappa shape index (κ1) is 13.9. The third-order valence-corrected chi connectivity index (χ3v) is 2.57. The summed E-state index contributed by atoms with van der Waals surface area (Å²) in [6.45, 7) is 1.34. The second-order valence-corrected chi connectivity index (χ2v) is 4.48. The molecule has 1 amide bonds. The molecule has 0 radical (unpaired) electrons. The third-order valence-electron chi connectivity index (χ3n) is 2.14. The van der Waals surface area contributed by atoms with Crippen molar-refractivity contribution in [1.82, 2.24) is 10.3 Å². The second-order valence-electron chi connectivity index (χ2n) is 3.56. The molecule has 1 aromatic heterocycles. The van der Waals surface area contributed by atoms with Gasteiger partial charge in [-0.2, -0.15) is 0 Å². The minimum atomic E-state index is -0.0375. The summed E-state index contributed by atoms with van der Waals surface area (Å²) in [5, 5.41) is 2.76. The van der Waals surface area contributed by atoms with E-state index < -0.39 is 0 Å². The average Bonchev–Trinajstić information content (AvgIpc) is 2.29. The molecular weight excluding hydrogens is 286 g/mol. The Balaban J connectivity index is 2.43. The van der Waals surface area contributed by atoms with E-state index in [1.54, 1.807) is 19.5 Å². The highest BCUT2D eigenvalue weighted by atomic mass is 79.9. The number of rotatable bonds is 6. The van der Waals surface area contributed by atoms with Crippen molar-refractivity contribution in [2.24, 2.45) is 0 Å². The Labute approximate surface area is 109 Å². The molecule has 0 bridgehead atoms. The summed E-state index contributed by atoms with van der Waals surface area (Å²) < 4.78 is 5.74. The number of pyridine rings is 1. The summed E-state index contributed by atoms with van der Waals surface area (Å²) in [6, 6.07) is 1.91. The fourth-order valence-electron chi connectivity index (χ4n) is 1.26. The second kappa shape index (κ2) is 7.24. The van der Waals surface area contributed by atoms with Gasteiger partial charge in [0, 0.05) is 31.4 Å².